The minimum Gasteiger partial charge on any atom is -0.304 e. The lowest BCUT2D eigenvalue weighted by molar-refractivity contribution is 0.0976. The topological polar surface area (TPSA) is 35.2 Å². The van der Waals surface area contributed by atoms with Gasteiger partial charge < -0.3 is 4.84 Å². The van der Waals surface area contributed by atoms with E-state index in [-0.39, 0.29) is 5.41 Å². The number of rotatable bonds is 3. The molecular weight excluding hydrogens is 238 g/mol. The highest BCUT2D eigenvalue weighted by molar-refractivity contribution is 9.10. The van der Waals surface area contributed by atoms with Crippen molar-refractivity contribution in [2.24, 2.45) is 5.90 Å². The Morgan fingerprint density at radius 3 is 2.75 bits per heavy atom. The van der Waals surface area contributed by atoms with Crippen LogP contribution >= 0.6 is 27.3 Å². The van der Waals surface area contributed by atoms with Crippen molar-refractivity contribution >= 4 is 27.3 Å². The average Bonchev–Trinajstić information content (AvgIpc) is 2.36. The summed E-state index contributed by atoms with van der Waals surface area (Å²) in [5.41, 5.74) is 0.00539. The lowest BCUT2D eigenvalue weighted by atomic mass is 9.93. The van der Waals surface area contributed by atoms with Gasteiger partial charge in [-0.3, -0.25) is 0 Å². The second-order valence-electron chi connectivity index (χ2n) is 3.32. The highest BCUT2D eigenvalue weighted by Crippen LogP contribution is 2.31. The van der Waals surface area contributed by atoms with Crippen molar-refractivity contribution in [1.29, 1.82) is 0 Å². The zero-order valence-electron chi connectivity index (χ0n) is 7.13. The van der Waals surface area contributed by atoms with Gasteiger partial charge in [-0.1, -0.05) is 13.8 Å². The van der Waals surface area contributed by atoms with E-state index in [1.165, 1.54) is 4.88 Å². The normalized spacial score (nSPS) is 12.0. The summed E-state index contributed by atoms with van der Waals surface area (Å²) >= 11 is 5.13. The maximum absolute atomic E-state index is 5.05. The molecule has 0 aliphatic rings. The zero-order chi connectivity index (χ0) is 9.19. The fraction of sp³-hybridized carbons (Fsp3) is 0.500. The second-order valence-corrected chi connectivity index (χ2v) is 5.15. The lowest BCUT2D eigenvalue weighted by Gasteiger charge is -2.20. The van der Waals surface area contributed by atoms with Crippen LogP contribution in [0.5, 0.6) is 0 Å². The monoisotopic (exact) mass is 249 g/mol. The third-order valence-electron chi connectivity index (χ3n) is 1.68. The first kappa shape index (κ1) is 10.2. The number of halogens is 1. The van der Waals surface area contributed by atoms with Gasteiger partial charge in [0.2, 0.25) is 0 Å². The van der Waals surface area contributed by atoms with Crippen molar-refractivity contribution in [3.05, 3.63) is 20.8 Å². The Kier molecular flexibility index (Phi) is 3.29. The van der Waals surface area contributed by atoms with E-state index >= 15 is 0 Å². The number of thiophene rings is 1. The molecule has 2 N–H and O–H groups in total. The molecule has 1 aromatic rings. The summed E-state index contributed by atoms with van der Waals surface area (Å²) in [6.45, 7) is 4.76. The largest absolute Gasteiger partial charge is 0.304 e. The van der Waals surface area contributed by atoms with E-state index in [9.17, 15) is 0 Å². The molecule has 0 amide bonds. The van der Waals surface area contributed by atoms with Crippen LogP contribution in [-0.2, 0) is 10.3 Å². The van der Waals surface area contributed by atoms with Crippen LogP contribution in [0.1, 0.15) is 18.7 Å². The fourth-order valence-corrected chi connectivity index (χ4v) is 2.49. The maximum atomic E-state index is 5.05. The molecule has 0 aliphatic heterocycles. The van der Waals surface area contributed by atoms with Crippen molar-refractivity contribution < 1.29 is 4.84 Å². The molecule has 0 saturated heterocycles. The summed E-state index contributed by atoms with van der Waals surface area (Å²) < 4.78 is 1.12. The van der Waals surface area contributed by atoms with E-state index in [4.69, 9.17) is 5.90 Å². The van der Waals surface area contributed by atoms with Gasteiger partial charge in [0.25, 0.3) is 0 Å². The Labute approximate surface area is 84.8 Å². The van der Waals surface area contributed by atoms with E-state index < -0.39 is 0 Å². The molecule has 0 fully saturated rings. The van der Waals surface area contributed by atoms with Gasteiger partial charge in [-0.2, -0.15) is 0 Å². The van der Waals surface area contributed by atoms with Crippen molar-refractivity contribution in [3.63, 3.8) is 0 Å². The average molecular weight is 250 g/mol. The standard InChI is InChI=1S/C8H12BrNOS/c1-8(2,5-11-10)7-3-6(9)4-12-7/h3-4H,5,10H2,1-2H3. The van der Waals surface area contributed by atoms with Crippen molar-refractivity contribution in [2.45, 2.75) is 19.3 Å². The molecule has 1 aromatic heterocycles. The van der Waals surface area contributed by atoms with Crippen LogP contribution in [-0.4, -0.2) is 6.61 Å². The second kappa shape index (κ2) is 3.87. The maximum Gasteiger partial charge on any atom is 0.0778 e. The van der Waals surface area contributed by atoms with E-state index in [0.29, 0.717) is 6.61 Å². The summed E-state index contributed by atoms with van der Waals surface area (Å²) in [6.07, 6.45) is 0. The van der Waals surface area contributed by atoms with E-state index in [1.807, 2.05) is 0 Å². The lowest BCUT2D eigenvalue weighted by Crippen LogP contribution is -2.24. The zero-order valence-corrected chi connectivity index (χ0v) is 9.54. The molecule has 0 radical (unpaired) electrons. The van der Waals surface area contributed by atoms with Gasteiger partial charge in [0.05, 0.1) is 6.61 Å². The molecule has 12 heavy (non-hydrogen) atoms. The molecule has 1 rings (SSSR count). The van der Waals surface area contributed by atoms with E-state index in [2.05, 4.69) is 46.1 Å². The van der Waals surface area contributed by atoms with Gasteiger partial charge in [0, 0.05) is 20.1 Å². The number of nitrogens with two attached hydrogens (primary N) is 1. The highest BCUT2D eigenvalue weighted by atomic mass is 79.9. The number of hydrogen-bond donors (Lipinski definition) is 1. The molecule has 0 aromatic carbocycles. The van der Waals surface area contributed by atoms with Crippen LogP contribution in [0.3, 0.4) is 0 Å². The molecule has 0 aliphatic carbocycles. The molecule has 0 saturated carbocycles. The summed E-state index contributed by atoms with van der Waals surface area (Å²) in [6, 6.07) is 2.10. The van der Waals surface area contributed by atoms with Crippen LogP contribution in [0.2, 0.25) is 0 Å². The first-order valence-electron chi connectivity index (χ1n) is 3.62. The Morgan fingerprint density at radius 1 is 1.67 bits per heavy atom. The summed E-state index contributed by atoms with van der Waals surface area (Å²) in [5.74, 6) is 5.05. The van der Waals surface area contributed by atoms with Gasteiger partial charge in [-0.05, 0) is 22.0 Å². The molecule has 1 heterocycles. The minimum atomic E-state index is 0.00539. The highest BCUT2D eigenvalue weighted by Gasteiger charge is 2.22. The van der Waals surface area contributed by atoms with Crippen LogP contribution in [0.4, 0.5) is 0 Å². The van der Waals surface area contributed by atoms with Gasteiger partial charge in [0.15, 0.2) is 0 Å². The molecule has 0 atom stereocenters. The SMILES string of the molecule is CC(C)(CON)c1cc(Br)cs1. The van der Waals surface area contributed by atoms with Gasteiger partial charge in [-0.25, -0.2) is 5.90 Å². The molecule has 0 unspecified atom stereocenters. The molecule has 4 heteroatoms. The van der Waals surface area contributed by atoms with E-state index in [0.717, 1.165) is 4.47 Å². The van der Waals surface area contributed by atoms with Gasteiger partial charge in [-0.15, -0.1) is 11.3 Å². The Balaban J connectivity index is 2.81. The molecular formula is C8H12BrNOS. The van der Waals surface area contributed by atoms with Crippen LogP contribution in [0, 0.1) is 0 Å². The van der Waals surface area contributed by atoms with Crippen LogP contribution < -0.4 is 5.90 Å². The molecule has 0 spiro atoms. The minimum absolute atomic E-state index is 0.00539. The van der Waals surface area contributed by atoms with Crippen LogP contribution in [0.15, 0.2) is 15.9 Å². The van der Waals surface area contributed by atoms with Crippen molar-refractivity contribution in [1.82, 2.24) is 0 Å². The summed E-state index contributed by atoms with van der Waals surface area (Å²) in [4.78, 5) is 5.94. The predicted molar refractivity (Wildman–Crippen MR) is 55.2 cm³/mol. The Morgan fingerprint density at radius 2 is 2.33 bits per heavy atom. The number of hydrogen-bond acceptors (Lipinski definition) is 3. The van der Waals surface area contributed by atoms with Crippen LogP contribution in [0.25, 0.3) is 0 Å². The Hall–Kier alpha value is 0.1000. The van der Waals surface area contributed by atoms with E-state index in [1.54, 1.807) is 11.3 Å². The fourth-order valence-electron chi connectivity index (χ4n) is 0.947. The van der Waals surface area contributed by atoms with Crippen molar-refractivity contribution in [3.8, 4) is 0 Å². The first-order valence-corrected chi connectivity index (χ1v) is 5.30. The summed E-state index contributed by atoms with van der Waals surface area (Å²) in [5, 5.41) is 2.06. The molecule has 68 valence electrons. The molecule has 2 nitrogen and oxygen atoms in total. The Bertz CT molecular complexity index is 259. The van der Waals surface area contributed by atoms with Gasteiger partial charge in [0.1, 0.15) is 0 Å². The van der Waals surface area contributed by atoms with Gasteiger partial charge >= 0.3 is 0 Å². The first-order chi connectivity index (χ1) is 5.56. The third-order valence-corrected chi connectivity index (χ3v) is 3.74. The smallest absolute Gasteiger partial charge is 0.0778 e. The molecule has 0 bridgehead atoms. The predicted octanol–water partition coefficient (Wildman–Crippen LogP) is 2.68. The quantitative estimate of drug-likeness (QED) is 0.837. The van der Waals surface area contributed by atoms with Crippen molar-refractivity contribution in [2.75, 3.05) is 6.61 Å². The summed E-state index contributed by atoms with van der Waals surface area (Å²) in [7, 11) is 0. The third kappa shape index (κ3) is 2.29.